The molecule has 1 unspecified atom stereocenters. The van der Waals surface area contributed by atoms with Gasteiger partial charge in [-0.3, -0.25) is 0 Å². The number of hydrogen-bond acceptors (Lipinski definition) is 2. The zero-order valence-electron chi connectivity index (χ0n) is 8.29. The number of thioether (sulfide) groups is 1. The van der Waals surface area contributed by atoms with Crippen LogP contribution in [0.3, 0.4) is 0 Å². The molecule has 1 rings (SSSR count). The van der Waals surface area contributed by atoms with Gasteiger partial charge in [-0.15, -0.1) is 11.8 Å². The fourth-order valence-electron chi connectivity index (χ4n) is 1.29. The lowest BCUT2D eigenvalue weighted by Gasteiger charge is -2.09. The van der Waals surface area contributed by atoms with Crippen molar-refractivity contribution < 1.29 is 0 Å². The first-order valence-corrected chi connectivity index (χ1v) is 5.62. The lowest BCUT2D eigenvalue weighted by molar-refractivity contribution is 0.787. The number of nitrogen functional groups attached to an aromatic ring is 1. The van der Waals surface area contributed by atoms with Crippen LogP contribution in [0.25, 0.3) is 0 Å². The van der Waals surface area contributed by atoms with Gasteiger partial charge in [0.1, 0.15) is 0 Å². The van der Waals surface area contributed by atoms with Crippen LogP contribution in [-0.4, -0.2) is 5.25 Å². The van der Waals surface area contributed by atoms with Crippen LogP contribution in [0.4, 0.5) is 5.69 Å². The van der Waals surface area contributed by atoms with Crippen molar-refractivity contribution in [2.45, 2.75) is 36.8 Å². The van der Waals surface area contributed by atoms with Crippen molar-refractivity contribution in [3.63, 3.8) is 0 Å². The summed E-state index contributed by atoms with van der Waals surface area (Å²) in [7, 11) is 0. The van der Waals surface area contributed by atoms with Crippen LogP contribution < -0.4 is 5.73 Å². The maximum atomic E-state index is 5.69. The third-order valence-electron chi connectivity index (χ3n) is 1.89. The van der Waals surface area contributed by atoms with E-state index < -0.39 is 0 Å². The van der Waals surface area contributed by atoms with Crippen LogP contribution in [0.2, 0.25) is 0 Å². The van der Waals surface area contributed by atoms with Gasteiger partial charge in [0.05, 0.1) is 0 Å². The molecular formula is C11H17NS. The Balaban J connectivity index is 2.53. The molecule has 1 aromatic carbocycles. The van der Waals surface area contributed by atoms with Crippen LogP contribution in [0, 0.1) is 0 Å². The average Bonchev–Trinajstić information content (AvgIpc) is 2.04. The first kappa shape index (κ1) is 10.5. The fraction of sp³-hybridized carbons (Fsp3) is 0.455. The normalized spacial score (nSPS) is 12.8. The highest BCUT2D eigenvalue weighted by atomic mass is 32.2. The molecule has 1 atom stereocenters. The van der Waals surface area contributed by atoms with Crippen molar-refractivity contribution in [2.24, 2.45) is 0 Å². The molecule has 0 radical (unpaired) electrons. The average molecular weight is 195 g/mol. The molecule has 0 spiro atoms. The van der Waals surface area contributed by atoms with Crippen molar-refractivity contribution in [1.82, 2.24) is 0 Å². The Kier molecular flexibility index (Phi) is 4.16. The summed E-state index contributed by atoms with van der Waals surface area (Å²) >= 11 is 1.90. The summed E-state index contributed by atoms with van der Waals surface area (Å²) in [5.74, 6) is 0. The first-order chi connectivity index (χ1) is 6.22. The molecule has 0 bridgehead atoms. The molecule has 0 aliphatic carbocycles. The van der Waals surface area contributed by atoms with E-state index in [0.29, 0.717) is 5.25 Å². The number of benzene rings is 1. The quantitative estimate of drug-likeness (QED) is 0.587. The SMILES string of the molecule is CCCC(C)Sc1cccc(N)c1. The summed E-state index contributed by atoms with van der Waals surface area (Å²) in [5, 5.41) is 0.687. The summed E-state index contributed by atoms with van der Waals surface area (Å²) in [6.45, 7) is 4.48. The predicted molar refractivity (Wildman–Crippen MR) is 61.1 cm³/mol. The van der Waals surface area contributed by atoms with E-state index in [9.17, 15) is 0 Å². The Labute approximate surface area is 84.7 Å². The fourth-order valence-corrected chi connectivity index (χ4v) is 2.47. The van der Waals surface area contributed by atoms with Crippen LogP contribution in [0.1, 0.15) is 26.7 Å². The smallest absolute Gasteiger partial charge is 0.0325 e. The van der Waals surface area contributed by atoms with E-state index >= 15 is 0 Å². The molecule has 0 heterocycles. The van der Waals surface area contributed by atoms with Gasteiger partial charge in [-0.2, -0.15) is 0 Å². The summed E-state index contributed by atoms with van der Waals surface area (Å²) in [6.07, 6.45) is 2.51. The van der Waals surface area contributed by atoms with E-state index in [1.54, 1.807) is 0 Å². The number of nitrogens with two attached hydrogens (primary N) is 1. The number of rotatable bonds is 4. The lowest BCUT2D eigenvalue weighted by atomic mass is 10.3. The van der Waals surface area contributed by atoms with Crippen molar-refractivity contribution >= 4 is 17.4 Å². The summed E-state index contributed by atoms with van der Waals surface area (Å²) in [6, 6.07) is 8.09. The highest BCUT2D eigenvalue weighted by molar-refractivity contribution is 7.99. The standard InChI is InChI=1S/C11H17NS/c1-3-5-9(2)13-11-7-4-6-10(12)8-11/h4,6-9H,3,5,12H2,1-2H3. The molecule has 0 amide bonds. The van der Waals surface area contributed by atoms with E-state index in [4.69, 9.17) is 5.73 Å². The van der Waals surface area contributed by atoms with Gasteiger partial charge in [0, 0.05) is 15.8 Å². The summed E-state index contributed by atoms with van der Waals surface area (Å²) < 4.78 is 0. The Morgan fingerprint density at radius 2 is 2.23 bits per heavy atom. The molecule has 0 aliphatic heterocycles. The Hall–Kier alpha value is -0.630. The van der Waals surface area contributed by atoms with Crippen LogP contribution in [-0.2, 0) is 0 Å². The predicted octanol–water partition coefficient (Wildman–Crippen LogP) is 3.55. The van der Waals surface area contributed by atoms with Crippen molar-refractivity contribution in [2.75, 3.05) is 5.73 Å². The molecule has 2 N–H and O–H groups in total. The topological polar surface area (TPSA) is 26.0 Å². The van der Waals surface area contributed by atoms with Crippen molar-refractivity contribution in [3.05, 3.63) is 24.3 Å². The first-order valence-electron chi connectivity index (χ1n) is 4.74. The maximum absolute atomic E-state index is 5.69. The highest BCUT2D eigenvalue weighted by Gasteiger charge is 2.02. The van der Waals surface area contributed by atoms with E-state index in [-0.39, 0.29) is 0 Å². The Bertz CT molecular complexity index is 260. The molecular weight excluding hydrogens is 178 g/mol. The minimum atomic E-state index is 0.687. The molecule has 2 heteroatoms. The van der Waals surface area contributed by atoms with Gasteiger partial charge in [-0.05, 0) is 24.6 Å². The van der Waals surface area contributed by atoms with Crippen LogP contribution >= 0.6 is 11.8 Å². The molecule has 1 nitrogen and oxygen atoms in total. The van der Waals surface area contributed by atoms with E-state index in [2.05, 4.69) is 19.9 Å². The van der Waals surface area contributed by atoms with E-state index in [1.807, 2.05) is 30.0 Å². The zero-order chi connectivity index (χ0) is 9.68. The van der Waals surface area contributed by atoms with Crippen molar-refractivity contribution in [3.8, 4) is 0 Å². The van der Waals surface area contributed by atoms with Gasteiger partial charge in [0.2, 0.25) is 0 Å². The summed E-state index contributed by atoms with van der Waals surface area (Å²) in [5.41, 5.74) is 6.55. The minimum Gasteiger partial charge on any atom is -0.399 e. The maximum Gasteiger partial charge on any atom is 0.0325 e. The molecule has 0 saturated carbocycles. The Morgan fingerprint density at radius 3 is 2.85 bits per heavy atom. The van der Waals surface area contributed by atoms with Crippen LogP contribution in [0.5, 0.6) is 0 Å². The molecule has 72 valence electrons. The van der Waals surface area contributed by atoms with Crippen molar-refractivity contribution in [1.29, 1.82) is 0 Å². The second-order valence-corrected chi connectivity index (χ2v) is 4.80. The van der Waals surface area contributed by atoms with Gasteiger partial charge < -0.3 is 5.73 Å². The second-order valence-electron chi connectivity index (χ2n) is 3.29. The van der Waals surface area contributed by atoms with E-state index in [0.717, 1.165) is 5.69 Å². The largest absolute Gasteiger partial charge is 0.399 e. The van der Waals surface area contributed by atoms with Gasteiger partial charge in [0.15, 0.2) is 0 Å². The van der Waals surface area contributed by atoms with Gasteiger partial charge >= 0.3 is 0 Å². The molecule has 1 aromatic rings. The summed E-state index contributed by atoms with van der Waals surface area (Å²) in [4.78, 5) is 1.28. The molecule has 0 aliphatic rings. The molecule has 0 saturated heterocycles. The number of anilines is 1. The third-order valence-corrected chi connectivity index (χ3v) is 3.05. The van der Waals surface area contributed by atoms with Gasteiger partial charge in [-0.25, -0.2) is 0 Å². The van der Waals surface area contributed by atoms with Gasteiger partial charge in [0.25, 0.3) is 0 Å². The zero-order valence-corrected chi connectivity index (χ0v) is 9.10. The van der Waals surface area contributed by atoms with Crippen LogP contribution in [0.15, 0.2) is 29.2 Å². The minimum absolute atomic E-state index is 0.687. The molecule has 13 heavy (non-hydrogen) atoms. The molecule has 0 aromatic heterocycles. The van der Waals surface area contributed by atoms with E-state index in [1.165, 1.54) is 17.7 Å². The Morgan fingerprint density at radius 1 is 1.46 bits per heavy atom. The lowest BCUT2D eigenvalue weighted by Crippen LogP contribution is -1.94. The third kappa shape index (κ3) is 3.73. The molecule has 0 fully saturated rings. The second kappa shape index (κ2) is 5.18. The number of hydrogen-bond donors (Lipinski definition) is 1. The highest BCUT2D eigenvalue weighted by Crippen LogP contribution is 2.26. The monoisotopic (exact) mass is 195 g/mol. The van der Waals surface area contributed by atoms with Gasteiger partial charge in [-0.1, -0.05) is 26.3 Å².